The third kappa shape index (κ3) is 6.02. The van der Waals surface area contributed by atoms with Crippen LogP contribution < -0.4 is 14.3 Å². The number of hydrogen-bond acceptors (Lipinski definition) is 8. The molecule has 1 aliphatic heterocycles. The van der Waals surface area contributed by atoms with E-state index >= 15 is 0 Å². The lowest BCUT2D eigenvalue weighted by atomic mass is 9.94. The van der Waals surface area contributed by atoms with Gasteiger partial charge in [0.25, 0.3) is 0 Å². The monoisotopic (exact) mass is 698 g/mol. The van der Waals surface area contributed by atoms with Crippen molar-refractivity contribution in [3.05, 3.63) is 117 Å². The number of nitrogens with zero attached hydrogens (tertiary/aromatic N) is 5. The van der Waals surface area contributed by atoms with Crippen LogP contribution in [0.1, 0.15) is 35.7 Å². The van der Waals surface area contributed by atoms with Crippen molar-refractivity contribution in [2.75, 3.05) is 13.7 Å². The summed E-state index contributed by atoms with van der Waals surface area (Å²) in [5, 5.41) is 9.02. The number of amides is 1. The van der Waals surface area contributed by atoms with Crippen molar-refractivity contribution in [3.63, 3.8) is 0 Å². The number of carbonyl (C=O) groups is 1. The Bertz CT molecular complexity index is 2070. The van der Waals surface area contributed by atoms with Crippen LogP contribution in [0.3, 0.4) is 0 Å². The fourth-order valence-corrected chi connectivity index (χ4v) is 6.70. The molecular formula is C31H25Cl3N6O5S. The van der Waals surface area contributed by atoms with Crippen molar-refractivity contribution >= 4 is 67.8 Å². The van der Waals surface area contributed by atoms with Crippen molar-refractivity contribution < 1.29 is 22.8 Å². The lowest BCUT2D eigenvalue weighted by Gasteiger charge is -2.29. The van der Waals surface area contributed by atoms with Gasteiger partial charge in [-0.15, -0.1) is 5.10 Å². The molecule has 236 valence electrons. The number of ether oxygens (including phenoxy) is 1. The first-order chi connectivity index (χ1) is 22.1. The Kier molecular flexibility index (Phi) is 8.90. The van der Waals surface area contributed by atoms with Gasteiger partial charge in [0.05, 0.1) is 23.2 Å². The maximum atomic E-state index is 14.4. The van der Waals surface area contributed by atoms with Crippen LogP contribution in [-0.2, 0) is 10.0 Å². The van der Waals surface area contributed by atoms with E-state index in [1.807, 2.05) is 0 Å². The number of benzene rings is 4. The molecule has 0 saturated carbocycles. The SMILES string of the molecule is CCOc1cc(Cl)c(S(=O)(=O)NC)cc1C1=NC(c2ccc(Cl)cc2)C(c2ccc(Cl)cc2)N1C(=O)On1nnc2ccccc21. The Labute approximate surface area is 279 Å². The number of rotatable bonds is 8. The summed E-state index contributed by atoms with van der Waals surface area (Å²) < 4.78 is 34.2. The van der Waals surface area contributed by atoms with Gasteiger partial charge in [-0.25, -0.2) is 22.8 Å². The van der Waals surface area contributed by atoms with Crippen LogP contribution in [0, 0.1) is 0 Å². The summed E-state index contributed by atoms with van der Waals surface area (Å²) in [5.74, 6) is 0.277. The van der Waals surface area contributed by atoms with Crippen LogP contribution in [0.5, 0.6) is 5.75 Å². The van der Waals surface area contributed by atoms with Gasteiger partial charge in [0.15, 0.2) is 0 Å². The standard InChI is InChI=1S/C31H25Cl3N6O5S/c1-3-44-26-17-23(34)27(46(42,43)35-2)16-22(26)30-36-28(18-8-12-20(32)13-9-18)29(19-10-14-21(33)15-11-19)39(30)31(41)45-40-25-7-5-4-6-24(25)37-38-40/h4-17,28-29,35H,3H2,1-2H3. The molecule has 2 heterocycles. The fraction of sp³-hybridized carbons (Fsp3) is 0.161. The van der Waals surface area contributed by atoms with Gasteiger partial charge in [-0.3, -0.25) is 9.83 Å². The van der Waals surface area contributed by atoms with Crippen LogP contribution in [0.15, 0.2) is 94.8 Å². The smallest absolute Gasteiger partial charge is 0.442 e. The molecule has 2 unspecified atom stereocenters. The molecule has 0 bridgehead atoms. The minimum Gasteiger partial charge on any atom is -0.493 e. The number of aliphatic imine (C=N–C) groups is 1. The van der Waals surface area contributed by atoms with E-state index in [0.717, 1.165) is 10.4 Å². The number of aromatic nitrogens is 3. The Morgan fingerprint density at radius 1 is 0.935 bits per heavy atom. The van der Waals surface area contributed by atoms with E-state index < -0.39 is 28.2 Å². The molecule has 1 N–H and O–H groups in total. The highest BCUT2D eigenvalue weighted by Crippen LogP contribution is 2.46. The van der Waals surface area contributed by atoms with Crippen LogP contribution in [0.4, 0.5) is 4.79 Å². The largest absolute Gasteiger partial charge is 0.493 e. The number of para-hydroxylation sites is 1. The van der Waals surface area contributed by atoms with E-state index in [-0.39, 0.29) is 33.7 Å². The Balaban J connectivity index is 1.59. The topological polar surface area (TPSA) is 128 Å². The minimum atomic E-state index is -4.04. The summed E-state index contributed by atoms with van der Waals surface area (Å²) in [6.07, 6.45) is -0.874. The highest BCUT2D eigenvalue weighted by atomic mass is 35.5. The molecule has 4 aromatic carbocycles. The van der Waals surface area contributed by atoms with Crippen molar-refractivity contribution in [2.24, 2.45) is 4.99 Å². The van der Waals surface area contributed by atoms with Gasteiger partial charge in [-0.1, -0.05) is 76.0 Å². The zero-order chi connectivity index (χ0) is 32.6. The maximum absolute atomic E-state index is 14.4. The molecule has 0 fully saturated rings. The molecule has 0 spiro atoms. The van der Waals surface area contributed by atoms with Crippen LogP contribution >= 0.6 is 34.8 Å². The fourth-order valence-electron chi connectivity index (χ4n) is 5.18. The zero-order valence-corrected chi connectivity index (χ0v) is 27.3. The second-order valence-electron chi connectivity index (χ2n) is 10.0. The molecule has 5 aromatic rings. The zero-order valence-electron chi connectivity index (χ0n) is 24.3. The van der Waals surface area contributed by atoms with Crippen molar-refractivity contribution in [1.82, 2.24) is 24.8 Å². The highest BCUT2D eigenvalue weighted by molar-refractivity contribution is 7.89. The van der Waals surface area contributed by atoms with E-state index in [1.54, 1.807) is 79.7 Å². The molecule has 1 aliphatic rings. The summed E-state index contributed by atoms with van der Waals surface area (Å²) >= 11 is 18.9. The molecule has 15 heteroatoms. The Morgan fingerprint density at radius 3 is 2.24 bits per heavy atom. The van der Waals surface area contributed by atoms with Gasteiger partial charge < -0.3 is 4.74 Å². The van der Waals surface area contributed by atoms with Gasteiger partial charge in [0, 0.05) is 16.1 Å². The average Bonchev–Trinajstić information content (AvgIpc) is 3.64. The normalized spacial score (nSPS) is 16.5. The summed E-state index contributed by atoms with van der Waals surface area (Å²) in [7, 11) is -2.76. The second kappa shape index (κ2) is 12.9. The third-order valence-corrected chi connectivity index (χ3v) is 9.69. The molecule has 0 saturated heterocycles. The summed E-state index contributed by atoms with van der Waals surface area (Å²) in [5.41, 5.74) is 2.54. The molecule has 0 aliphatic carbocycles. The van der Waals surface area contributed by atoms with E-state index in [1.165, 1.54) is 24.1 Å². The molecule has 46 heavy (non-hydrogen) atoms. The second-order valence-corrected chi connectivity index (χ2v) is 13.2. The first kappa shape index (κ1) is 31.8. The van der Waals surface area contributed by atoms with Crippen LogP contribution in [0.2, 0.25) is 15.1 Å². The molecule has 1 aromatic heterocycles. The molecule has 11 nitrogen and oxygen atoms in total. The Morgan fingerprint density at radius 2 is 1.59 bits per heavy atom. The van der Waals surface area contributed by atoms with Crippen molar-refractivity contribution in [1.29, 1.82) is 0 Å². The molecule has 6 rings (SSSR count). The maximum Gasteiger partial charge on any atom is 0.442 e. The van der Waals surface area contributed by atoms with Crippen LogP contribution in [0.25, 0.3) is 11.0 Å². The van der Waals surface area contributed by atoms with Crippen molar-refractivity contribution in [2.45, 2.75) is 23.9 Å². The first-order valence-electron chi connectivity index (χ1n) is 13.9. The quantitative estimate of drug-likeness (QED) is 0.183. The van der Waals surface area contributed by atoms with Gasteiger partial charge >= 0.3 is 6.09 Å². The molecular weight excluding hydrogens is 675 g/mol. The Hall–Kier alpha value is -4.20. The van der Waals surface area contributed by atoms with Crippen LogP contribution in [-0.4, -0.2) is 54.1 Å². The lowest BCUT2D eigenvalue weighted by Crippen LogP contribution is -2.42. The van der Waals surface area contributed by atoms with Gasteiger partial charge in [0.2, 0.25) is 10.0 Å². The summed E-state index contributed by atoms with van der Waals surface area (Å²) in [6, 6.07) is 22.2. The summed E-state index contributed by atoms with van der Waals surface area (Å²) in [6.45, 7) is 1.98. The van der Waals surface area contributed by atoms with E-state index in [0.29, 0.717) is 26.6 Å². The van der Waals surface area contributed by atoms with Crippen molar-refractivity contribution in [3.8, 4) is 5.75 Å². The van der Waals surface area contributed by atoms with Gasteiger partial charge in [-0.2, -0.15) is 0 Å². The van der Waals surface area contributed by atoms with Gasteiger partial charge in [0.1, 0.15) is 33.6 Å². The van der Waals surface area contributed by atoms with E-state index in [2.05, 4.69) is 15.0 Å². The number of amidine groups is 1. The van der Waals surface area contributed by atoms with Gasteiger partial charge in [-0.05, 0) is 72.8 Å². The average molecular weight is 700 g/mol. The number of nitrogens with one attached hydrogen (secondary N) is 1. The predicted molar refractivity (Wildman–Crippen MR) is 175 cm³/mol. The third-order valence-electron chi connectivity index (χ3n) is 7.31. The van der Waals surface area contributed by atoms with E-state index in [9.17, 15) is 13.2 Å². The minimum absolute atomic E-state index is 0.0713. The molecule has 1 amide bonds. The van der Waals surface area contributed by atoms with E-state index in [4.69, 9.17) is 49.4 Å². The number of hydrogen-bond donors (Lipinski definition) is 1. The highest BCUT2D eigenvalue weighted by Gasteiger charge is 2.45. The lowest BCUT2D eigenvalue weighted by molar-refractivity contribution is 0.0901. The first-order valence-corrected chi connectivity index (χ1v) is 16.5. The number of halogens is 3. The number of carbonyl (C=O) groups excluding carboxylic acids is 1. The predicted octanol–water partition coefficient (Wildman–Crippen LogP) is 6.49. The molecule has 0 radical (unpaired) electrons. The number of fused-ring (bicyclic) bond motifs is 1. The molecule has 2 atom stereocenters. The summed E-state index contributed by atoms with van der Waals surface area (Å²) in [4.78, 5) is 27.4. The number of sulfonamides is 1.